The van der Waals surface area contributed by atoms with Gasteiger partial charge < -0.3 is 25.2 Å². The van der Waals surface area contributed by atoms with E-state index in [0.717, 1.165) is 18.9 Å². The lowest BCUT2D eigenvalue weighted by atomic mass is 10.2. The highest BCUT2D eigenvalue weighted by atomic mass is 16.5. The first-order valence-electron chi connectivity index (χ1n) is 9.89. The first kappa shape index (κ1) is 24.1. The number of carbonyl (C=O) groups is 4. The fourth-order valence-corrected chi connectivity index (χ4v) is 2.40. The van der Waals surface area contributed by atoms with E-state index in [4.69, 9.17) is 14.6 Å². The average Bonchev–Trinajstić information content (AvgIpc) is 2.78. The zero-order valence-electron chi connectivity index (χ0n) is 17.5. The van der Waals surface area contributed by atoms with Crippen molar-refractivity contribution >= 4 is 35.1 Å². The van der Waals surface area contributed by atoms with Crippen LogP contribution in [-0.4, -0.2) is 42.1 Å². The van der Waals surface area contributed by atoms with E-state index in [0.29, 0.717) is 29.8 Å². The number of amides is 2. The van der Waals surface area contributed by atoms with E-state index in [1.165, 1.54) is 24.3 Å². The highest BCUT2D eigenvalue weighted by molar-refractivity contribution is 6.02. The SMILES string of the molecule is CCCCOc1ccc(NC(=O)COC(=O)c2ccc(NC(=O)/C=C/C(=O)O)cc2)cc1. The zero-order chi connectivity index (χ0) is 23.3. The molecule has 2 rings (SSSR count). The van der Waals surface area contributed by atoms with Crippen molar-refractivity contribution in [2.24, 2.45) is 0 Å². The van der Waals surface area contributed by atoms with Crippen molar-refractivity contribution in [2.75, 3.05) is 23.8 Å². The molecule has 0 atom stereocenters. The predicted molar refractivity (Wildman–Crippen MR) is 118 cm³/mol. The van der Waals surface area contributed by atoms with Gasteiger partial charge in [-0.2, -0.15) is 0 Å². The minimum atomic E-state index is -1.24. The number of aliphatic carboxylic acids is 1. The Labute approximate surface area is 185 Å². The molecule has 0 bridgehead atoms. The second-order valence-electron chi connectivity index (χ2n) is 6.59. The molecule has 9 nitrogen and oxygen atoms in total. The van der Waals surface area contributed by atoms with Gasteiger partial charge in [-0.25, -0.2) is 9.59 Å². The summed E-state index contributed by atoms with van der Waals surface area (Å²) in [6.07, 6.45) is 3.59. The largest absolute Gasteiger partial charge is 0.494 e. The smallest absolute Gasteiger partial charge is 0.338 e. The molecule has 0 aliphatic carbocycles. The molecule has 0 aliphatic heterocycles. The van der Waals surface area contributed by atoms with E-state index in [1.54, 1.807) is 24.3 Å². The Morgan fingerprint density at radius 2 is 1.53 bits per heavy atom. The molecular formula is C23H24N2O7. The minimum Gasteiger partial charge on any atom is -0.494 e. The van der Waals surface area contributed by atoms with Crippen LogP contribution in [0.15, 0.2) is 60.7 Å². The molecule has 0 unspecified atom stereocenters. The van der Waals surface area contributed by atoms with E-state index < -0.39 is 30.4 Å². The number of nitrogens with one attached hydrogen (secondary N) is 2. The van der Waals surface area contributed by atoms with Gasteiger partial charge in [-0.15, -0.1) is 0 Å². The van der Waals surface area contributed by atoms with Crippen LogP contribution in [0.5, 0.6) is 5.75 Å². The summed E-state index contributed by atoms with van der Waals surface area (Å²) in [6.45, 7) is 2.24. The molecule has 0 spiro atoms. The Balaban J connectivity index is 1.78. The molecule has 168 valence electrons. The molecule has 2 aromatic rings. The molecule has 0 aromatic heterocycles. The van der Waals surface area contributed by atoms with Crippen LogP contribution in [-0.2, 0) is 19.1 Å². The van der Waals surface area contributed by atoms with Crippen molar-refractivity contribution in [1.82, 2.24) is 0 Å². The van der Waals surface area contributed by atoms with Crippen LogP contribution in [0.1, 0.15) is 30.1 Å². The van der Waals surface area contributed by atoms with E-state index >= 15 is 0 Å². The van der Waals surface area contributed by atoms with E-state index in [9.17, 15) is 19.2 Å². The standard InChI is InChI=1S/C23H24N2O7/c1-2-3-14-31-19-10-8-18(9-11-19)25-21(27)15-32-23(30)16-4-6-17(7-5-16)24-20(26)12-13-22(28)29/h4-13H,2-3,14-15H2,1H3,(H,24,26)(H,25,27)(H,28,29)/b13-12+. The third-order valence-corrected chi connectivity index (χ3v) is 4.00. The van der Waals surface area contributed by atoms with Gasteiger partial charge in [-0.05, 0) is 55.0 Å². The Bertz CT molecular complexity index is 967. The summed E-state index contributed by atoms with van der Waals surface area (Å²) in [5, 5.41) is 13.6. The third kappa shape index (κ3) is 8.70. The van der Waals surface area contributed by atoms with Gasteiger partial charge in [0.2, 0.25) is 5.91 Å². The van der Waals surface area contributed by atoms with Gasteiger partial charge in [-0.1, -0.05) is 13.3 Å². The van der Waals surface area contributed by atoms with Gasteiger partial charge >= 0.3 is 11.9 Å². The van der Waals surface area contributed by atoms with Crippen LogP contribution < -0.4 is 15.4 Å². The van der Waals surface area contributed by atoms with Gasteiger partial charge in [0.15, 0.2) is 6.61 Å². The van der Waals surface area contributed by atoms with Gasteiger partial charge in [-0.3, -0.25) is 9.59 Å². The van der Waals surface area contributed by atoms with Gasteiger partial charge in [0.25, 0.3) is 5.91 Å². The van der Waals surface area contributed by atoms with E-state index in [2.05, 4.69) is 17.6 Å². The summed E-state index contributed by atoms with van der Waals surface area (Å²) < 4.78 is 10.6. The highest BCUT2D eigenvalue weighted by Gasteiger charge is 2.11. The summed E-state index contributed by atoms with van der Waals surface area (Å²) >= 11 is 0. The summed E-state index contributed by atoms with van der Waals surface area (Å²) in [5.74, 6) is -2.35. The molecule has 0 fully saturated rings. The lowest BCUT2D eigenvalue weighted by Gasteiger charge is -2.09. The number of esters is 1. The summed E-state index contributed by atoms with van der Waals surface area (Å²) in [6, 6.07) is 12.6. The lowest BCUT2D eigenvalue weighted by Crippen LogP contribution is -2.20. The number of unbranched alkanes of at least 4 members (excludes halogenated alkanes) is 1. The molecular weight excluding hydrogens is 416 g/mol. The molecule has 0 aliphatic rings. The van der Waals surface area contributed by atoms with Crippen LogP contribution in [0.2, 0.25) is 0 Å². The molecule has 0 saturated heterocycles. The summed E-state index contributed by atoms with van der Waals surface area (Å²) in [7, 11) is 0. The average molecular weight is 440 g/mol. The topological polar surface area (TPSA) is 131 Å². The van der Waals surface area contributed by atoms with Crippen LogP contribution in [0, 0.1) is 0 Å². The van der Waals surface area contributed by atoms with E-state index in [1.807, 2.05) is 0 Å². The fraction of sp³-hybridized carbons (Fsp3) is 0.217. The molecule has 3 N–H and O–H groups in total. The van der Waals surface area contributed by atoms with Crippen LogP contribution in [0.25, 0.3) is 0 Å². The number of ether oxygens (including phenoxy) is 2. The Hall–Kier alpha value is -4.14. The molecule has 0 radical (unpaired) electrons. The van der Waals surface area contributed by atoms with Crippen molar-refractivity contribution in [1.29, 1.82) is 0 Å². The highest BCUT2D eigenvalue weighted by Crippen LogP contribution is 2.16. The third-order valence-electron chi connectivity index (χ3n) is 4.00. The second kappa shape index (κ2) is 12.5. The number of hydrogen-bond donors (Lipinski definition) is 3. The Morgan fingerprint density at radius 1 is 0.906 bits per heavy atom. The first-order valence-corrected chi connectivity index (χ1v) is 9.89. The quantitative estimate of drug-likeness (QED) is 0.278. The maximum Gasteiger partial charge on any atom is 0.338 e. The molecule has 9 heteroatoms. The Morgan fingerprint density at radius 3 is 2.16 bits per heavy atom. The number of anilines is 2. The molecule has 0 heterocycles. The molecule has 0 saturated carbocycles. The van der Waals surface area contributed by atoms with Crippen molar-refractivity contribution < 1.29 is 33.8 Å². The number of carboxylic acid groups (broad SMARTS) is 1. The monoisotopic (exact) mass is 440 g/mol. The minimum absolute atomic E-state index is 0.186. The maximum atomic E-state index is 12.1. The predicted octanol–water partition coefficient (Wildman–Crippen LogP) is 3.24. The number of carboxylic acids is 1. The molecule has 32 heavy (non-hydrogen) atoms. The Kier molecular flexibility index (Phi) is 9.45. The van der Waals surface area contributed by atoms with Crippen molar-refractivity contribution in [2.45, 2.75) is 19.8 Å². The van der Waals surface area contributed by atoms with Crippen molar-refractivity contribution in [3.8, 4) is 5.75 Å². The molecule has 2 amide bonds. The number of hydrogen-bond acceptors (Lipinski definition) is 6. The molecule has 2 aromatic carbocycles. The number of rotatable bonds is 11. The van der Waals surface area contributed by atoms with E-state index in [-0.39, 0.29) is 5.56 Å². The fourth-order valence-electron chi connectivity index (χ4n) is 2.40. The van der Waals surface area contributed by atoms with Crippen LogP contribution in [0.3, 0.4) is 0 Å². The normalized spacial score (nSPS) is 10.4. The van der Waals surface area contributed by atoms with Crippen molar-refractivity contribution in [3.63, 3.8) is 0 Å². The van der Waals surface area contributed by atoms with Crippen LogP contribution >= 0.6 is 0 Å². The lowest BCUT2D eigenvalue weighted by molar-refractivity contribution is -0.131. The van der Waals surface area contributed by atoms with Gasteiger partial charge in [0.05, 0.1) is 12.2 Å². The second-order valence-corrected chi connectivity index (χ2v) is 6.59. The summed E-state index contributed by atoms with van der Waals surface area (Å²) in [5.41, 5.74) is 1.10. The zero-order valence-corrected chi connectivity index (χ0v) is 17.5. The number of carbonyl (C=O) groups excluding carboxylic acids is 3. The summed E-state index contributed by atoms with van der Waals surface area (Å²) in [4.78, 5) is 46.0. The van der Waals surface area contributed by atoms with Gasteiger partial charge in [0.1, 0.15) is 5.75 Å². The number of benzene rings is 2. The first-order chi connectivity index (χ1) is 15.4. The van der Waals surface area contributed by atoms with Crippen molar-refractivity contribution in [3.05, 3.63) is 66.2 Å². The maximum absolute atomic E-state index is 12.1. The van der Waals surface area contributed by atoms with Gasteiger partial charge in [0, 0.05) is 23.5 Å². The van der Waals surface area contributed by atoms with Crippen LogP contribution in [0.4, 0.5) is 11.4 Å².